The summed E-state index contributed by atoms with van der Waals surface area (Å²) in [7, 11) is 0. The van der Waals surface area contributed by atoms with Gasteiger partial charge in [0.25, 0.3) is 0 Å². The fourth-order valence-corrected chi connectivity index (χ4v) is 3.42. The van der Waals surface area contributed by atoms with Crippen molar-refractivity contribution in [3.05, 3.63) is 40.7 Å². The van der Waals surface area contributed by atoms with Crippen LogP contribution in [0.15, 0.2) is 18.2 Å². The van der Waals surface area contributed by atoms with E-state index < -0.39 is 17.6 Å². The molecule has 156 valence electrons. The molecular formula is C20H23F3N4O2. The number of carbonyl (C=O) groups is 1. The number of amides is 1. The summed E-state index contributed by atoms with van der Waals surface area (Å²) in [6.07, 6.45) is -2.63. The van der Waals surface area contributed by atoms with E-state index in [9.17, 15) is 18.0 Å². The fourth-order valence-electron chi connectivity index (χ4n) is 3.42. The van der Waals surface area contributed by atoms with Crippen LogP contribution in [-0.4, -0.2) is 28.5 Å². The first-order valence-electron chi connectivity index (χ1n) is 9.48. The highest BCUT2D eigenvalue weighted by molar-refractivity contribution is 5.93. The lowest BCUT2D eigenvalue weighted by Gasteiger charge is -2.24. The summed E-state index contributed by atoms with van der Waals surface area (Å²) in [5.41, 5.74) is 4.65. The summed E-state index contributed by atoms with van der Waals surface area (Å²) in [5.74, 6) is 0.323. The molecule has 1 aliphatic heterocycles. The second kappa shape index (κ2) is 7.88. The molecule has 29 heavy (non-hydrogen) atoms. The average molecular weight is 408 g/mol. The maximum absolute atomic E-state index is 13.7. The van der Waals surface area contributed by atoms with E-state index in [2.05, 4.69) is 9.97 Å². The summed E-state index contributed by atoms with van der Waals surface area (Å²) >= 11 is 0. The van der Waals surface area contributed by atoms with Crippen LogP contribution in [0.3, 0.4) is 0 Å². The van der Waals surface area contributed by atoms with Crippen LogP contribution in [-0.2, 0) is 12.6 Å². The van der Waals surface area contributed by atoms with Crippen molar-refractivity contribution >= 4 is 17.4 Å². The number of halogens is 3. The molecule has 1 aliphatic rings. The van der Waals surface area contributed by atoms with Crippen LogP contribution >= 0.6 is 0 Å². The highest BCUT2D eigenvalue weighted by atomic mass is 19.4. The van der Waals surface area contributed by atoms with Crippen LogP contribution in [0.5, 0.6) is 5.88 Å². The lowest BCUT2D eigenvalue weighted by Crippen LogP contribution is -2.21. The van der Waals surface area contributed by atoms with Crippen molar-refractivity contribution in [2.45, 2.75) is 52.3 Å². The normalized spacial score (nSPS) is 13.7. The topological polar surface area (TPSA) is 81.3 Å². The van der Waals surface area contributed by atoms with E-state index >= 15 is 0 Å². The van der Waals surface area contributed by atoms with Crippen LogP contribution < -0.4 is 15.4 Å². The predicted molar refractivity (Wildman–Crippen MR) is 102 cm³/mol. The van der Waals surface area contributed by atoms with Crippen LogP contribution in [0.2, 0.25) is 0 Å². The molecule has 0 fully saturated rings. The fraction of sp³-hybridized carbons (Fsp3) is 0.450. The van der Waals surface area contributed by atoms with Gasteiger partial charge in [0.15, 0.2) is 0 Å². The number of hydrogen-bond acceptors (Lipinski definition) is 5. The molecule has 0 atom stereocenters. The molecule has 0 radical (unpaired) electrons. The van der Waals surface area contributed by atoms with Crippen molar-refractivity contribution < 1.29 is 22.7 Å². The third-order valence-electron chi connectivity index (χ3n) is 4.97. The van der Waals surface area contributed by atoms with Gasteiger partial charge in [0.05, 0.1) is 22.9 Å². The van der Waals surface area contributed by atoms with E-state index in [1.165, 1.54) is 17.0 Å². The molecule has 2 aromatic rings. The summed E-state index contributed by atoms with van der Waals surface area (Å²) in [4.78, 5) is 21.6. The first-order chi connectivity index (χ1) is 13.7. The molecule has 9 heteroatoms. The molecule has 2 heterocycles. The first kappa shape index (κ1) is 20.9. The number of alkyl halides is 3. The van der Waals surface area contributed by atoms with Crippen LogP contribution in [0.4, 0.5) is 24.7 Å². The van der Waals surface area contributed by atoms with E-state index in [4.69, 9.17) is 10.5 Å². The molecule has 0 saturated heterocycles. The molecule has 1 aromatic heterocycles. The van der Waals surface area contributed by atoms with Gasteiger partial charge in [-0.3, -0.25) is 4.79 Å². The van der Waals surface area contributed by atoms with Gasteiger partial charge in [-0.25, -0.2) is 4.98 Å². The maximum atomic E-state index is 13.7. The second-order valence-corrected chi connectivity index (χ2v) is 6.93. The van der Waals surface area contributed by atoms with Crippen LogP contribution in [0.1, 0.15) is 54.0 Å². The van der Waals surface area contributed by atoms with Gasteiger partial charge in [0.1, 0.15) is 11.6 Å². The van der Waals surface area contributed by atoms with Gasteiger partial charge in [-0.05, 0) is 44.4 Å². The zero-order chi connectivity index (χ0) is 21.3. The number of benzene rings is 1. The first-order valence-corrected chi connectivity index (χ1v) is 9.48. The molecular weight excluding hydrogens is 385 g/mol. The van der Waals surface area contributed by atoms with Crippen LogP contribution in [0.25, 0.3) is 0 Å². The number of aromatic nitrogens is 2. The Morgan fingerprint density at radius 2 is 1.97 bits per heavy atom. The van der Waals surface area contributed by atoms with Gasteiger partial charge in [0.2, 0.25) is 11.8 Å². The van der Waals surface area contributed by atoms with E-state index in [0.29, 0.717) is 36.1 Å². The molecule has 0 aliphatic carbocycles. The minimum atomic E-state index is -4.65. The monoisotopic (exact) mass is 408 g/mol. The third-order valence-corrected chi connectivity index (χ3v) is 4.97. The molecule has 0 bridgehead atoms. The van der Waals surface area contributed by atoms with E-state index in [-0.39, 0.29) is 17.4 Å². The molecule has 3 rings (SSSR count). The summed E-state index contributed by atoms with van der Waals surface area (Å²) in [6, 6.07) is 3.34. The predicted octanol–water partition coefficient (Wildman–Crippen LogP) is 4.16. The quantitative estimate of drug-likeness (QED) is 0.776. The van der Waals surface area contributed by atoms with Gasteiger partial charge in [0, 0.05) is 12.1 Å². The molecule has 1 aromatic carbocycles. The Balaban J connectivity index is 2.09. The Labute approximate surface area is 166 Å². The van der Waals surface area contributed by atoms with Gasteiger partial charge in [-0.15, -0.1) is 0 Å². The number of hydrogen-bond donors (Lipinski definition) is 1. The highest BCUT2D eigenvalue weighted by Crippen LogP contribution is 2.43. The standard InChI is InChI=1S/C20H23F3N4O2/c1-4-13(5-2)29-19-14-8-9-27(18(14)25-11(3)26-19)16-7-6-12(17(24)28)10-15(16)20(21,22)23/h6-7,10,13H,4-5,8-9H2,1-3H3,(H2,24,28). The molecule has 2 N–H and O–H groups in total. The Morgan fingerprint density at radius 3 is 2.55 bits per heavy atom. The number of nitrogens with zero attached hydrogens (tertiary/aromatic N) is 3. The van der Waals surface area contributed by atoms with Crippen molar-refractivity contribution in [3.8, 4) is 5.88 Å². The number of carbonyl (C=O) groups excluding carboxylic acids is 1. The Morgan fingerprint density at radius 1 is 1.28 bits per heavy atom. The van der Waals surface area contributed by atoms with Crippen LogP contribution in [0, 0.1) is 6.92 Å². The van der Waals surface area contributed by atoms with Crippen molar-refractivity contribution in [1.82, 2.24) is 9.97 Å². The number of ether oxygens (including phenoxy) is 1. The SMILES string of the molecule is CCC(CC)Oc1nc(C)nc2c1CCN2c1ccc(C(N)=O)cc1C(F)(F)F. The van der Waals surface area contributed by atoms with E-state index in [1.54, 1.807) is 6.92 Å². The van der Waals surface area contributed by atoms with Gasteiger partial charge in [-0.1, -0.05) is 13.8 Å². The molecule has 0 spiro atoms. The number of fused-ring (bicyclic) bond motifs is 1. The Bertz CT molecular complexity index is 927. The number of aryl methyl sites for hydroxylation is 1. The molecule has 1 amide bonds. The lowest BCUT2D eigenvalue weighted by molar-refractivity contribution is -0.137. The average Bonchev–Trinajstić information content (AvgIpc) is 3.08. The second-order valence-electron chi connectivity index (χ2n) is 6.93. The van der Waals surface area contributed by atoms with Crippen molar-refractivity contribution in [2.24, 2.45) is 5.73 Å². The lowest BCUT2D eigenvalue weighted by atomic mass is 10.1. The summed E-state index contributed by atoms with van der Waals surface area (Å²) in [5, 5.41) is 0. The number of anilines is 2. The van der Waals surface area contributed by atoms with Gasteiger partial charge < -0.3 is 15.4 Å². The van der Waals surface area contributed by atoms with Crippen molar-refractivity contribution in [1.29, 1.82) is 0 Å². The highest BCUT2D eigenvalue weighted by Gasteiger charge is 2.38. The summed E-state index contributed by atoms with van der Waals surface area (Å²) < 4.78 is 47.1. The minimum Gasteiger partial charge on any atom is -0.474 e. The maximum Gasteiger partial charge on any atom is 0.418 e. The largest absolute Gasteiger partial charge is 0.474 e. The molecule has 0 saturated carbocycles. The Kier molecular flexibility index (Phi) is 5.68. The van der Waals surface area contributed by atoms with Crippen molar-refractivity contribution in [2.75, 3.05) is 11.4 Å². The zero-order valence-electron chi connectivity index (χ0n) is 16.5. The van der Waals surface area contributed by atoms with E-state index in [0.717, 1.165) is 18.9 Å². The third kappa shape index (κ3) is 4.13. The molecule has 0 unspecified atom stereocenters. The van der Waals surface area contributed by atoms with Gasteiger partial charge >= 0.3 is 6.18 Å². The van der Waals surface area contributed by atoms with E-state index in [1.807, 2.05) is 13.8 Å². The summed E-state index contributed by atoms with van der Waals surface area (Å²) in [6.45, 7) is 5.98. The number of nitrogens with two attached hydrogens (primary N) is 1. The molecule has 6 nitrogen and oxygen atoms in total. The Hall–Kier alpha value is -2.84. The smallest absolute Gasteiger partial charge is 0.418 e. The van der Waals surface area contributed by atoms with Gasteiger partial charge in [-0.2, -0.15) is 18.2 Å². The van der Waals surface area contributed by atoms with Crippen molar-refractivity contribution in [3.63, 3.8) is 0 Å². The number of rotatable bonds is 6. The number of primary amides is 1. The zero-order valence-corrected chi connectivity index (χ0v) is 16.5. The minimum absolute atomic E-state index is 0.0250.